The number of carboxylic acid groups (broad SMARTS) is 1. The standard InChI is InChI=1S/C31H34ClNO6S/c32-25-10-6-23(7-11-25)24-8-12-27(13-9-24)39-28-18-19-33(30(20-28)31(34)35)40(36,37)29-16-14-26(15-17-29)38-21-22-4-2-1-3-5-22/h6-17,22,28,30H,1-5,18-21H2,(H,34,35)/t28-,30-/m1/s1. The molecule has 3 aromatic rings. The normalized spacial score (nSPS) is 20.6. The van der Waals surface area contributed by atoms with Gasteiger partial charge in [-0.05, 0) is 84.8 Å². The Balaban J connectivity index is 1.21. The number of hydrogen-bond donors (Lipinski definition) is 1. The average molecular weight is 584 g/mol. The Kier molecular flexibility index (Phi) is 8.98. The third-order valence-corrected chi connectivity index (χ3v) is 9.94. The van der Waals surface area contributed by atoms with E-state index in [4.69, 9.17) is 21.1 Å². The van der Waals surface area contributed by atoms with Crippen LogP contribution in [0.4, 0.5) is 0 Å². The van der Waals surface area contributed by atoms with Crippen LogP contribution in [0.15, 0.2) is 77.7 Å². The van der Waals surface area contributed by atoms with E-state index in [2.05, 4.69) is 0 Å². The van der Waals surface area contributed by atoms with Crippen molar-refractivity contribution in [3.8, 4) is 22.6 Å². The summed E-state index contributed by atoms with van der Waals surface area (Å²) in [4.78, 5) is 12.2. The van der Waals surface area contributed by atoms with Gasteiger partial charge in [-0.1, -0.05) is 55.1 Å². The molecular weight excluding hydrogens is 550 g/mol. The molecule has 5 rings (SSSR count). The molecule has 0 radical (unpaired) electrons. The van der Waals surface area contributed by atoms with Crippen LogP contribution in [-0.4, -0.2) is 49.1 Å². The number of nitrogens with zero attached hydrogens (tertiary/aromatic N) is 1. The molecule has 9 heteroatoms. The number of carbonyl (C=O) groups is 1. The molecule has 0 unspecified atom stereocenters. The van der Waals surface area contributed by atoms with Crippen molar-refractivity contribution in [1.29, 1.82) is 0 Å². The second-order valence-corrected chi connectivity index (χ2v) is 12.9. The molecule has 3 aromatic carbocycles. The topological polar surface area (TPSA) is 93.1 Å². The zero-order valence-corrected chi connectivity index (χ0v) is 23.8. The Morgan fingerprint density at radius 1 is 0.850 bits per heavy atom. The number of benzene rings is 3. The fourth-order valence-electron chi connectivity index (χ4n) is 5.50. The van der Waals surface area contributed by atoms with Gasteiger partial charge in [0, 0.05) is 18.0 Å². The van der Waals surface area contributed by atoms with Crippen molar-refractivity contribution < 1.29 is 27.8 Å². The first kappa shape index (κ1) is 28.5. The highest BCUT2D eigenvalue weighted by Crippen LogP contribution is 2.31. The summed E-state index contributed by atoms with van der Waals surface area (Å²) in [6.45, 7) is 0.678. The van der Waals surface area contributed by atoms with E-state index in [-0.39, 0.29) is 17.9 Å². The summed E-state index contributed by atoms with van der Waals surface area (Å²) in [7, 11) is -4.01. The summed E-state index contributed by atoms with van der Waals surface area (Å²) >= 11 is 5.97. The van der Waals surface area contributed by atoms with Crippen LogP contribution in [0.2, 0.25) is 5.02 Å². The number of hydrogen-bond acceptors (Lipinski definition) is 5. The van der Waals surface area contributed by atoms with Crippen LogP contribution in [0.25, 0.3) is 11.1 Å². The van der Waals surface area contributed by atoms with Gasteiger partial charge in [-0.2, -0.15) is 4.31 Å². The third kappa shape index (κ3) is 6.79. The van der Waals surface area contributed by atoms with Crippen molar-refractivity contribution in [3.05, 3.63) is 77.8 Å². The van der Waals surface area contributed by atoms with E-state index in [0.29, 0.717) is 35.5 Å². The number of halogens is 1. The van der Waals surface area contributed by atoms with Crippen LogP contribution in [0.1, 0.15) is 44.9 Å². The first-order valence-corrected chi connectivity index (χ1v) is 15.6. The zero-order chi connectivity index (χ0) is 28.1. The molecule has 7 nitrogen and oxygen atoms in total. The second kappa shape index (κ2) is 12.6. The molecule has 2 aliphatic rings. The summed E-state index contributed by atoms with van der Waals surface area (Å²) in [5.41, 5.74) is 2.02. The zero-order valence-electron chi connectivity index (χ0n) is 22.2. The van der Waals surface area contributed by atoms with E-state index < -0.39 is 28.1 Å². The molecule has 0 spiro atoms. The number of sulfonamides is 1. The maximum Gasteiger partial charge on any atom is 0.322 e. The Morgan fingerprint density at radius 2 is 1.45 bits per heavy atom. The van der Waals surface area contributed by atoms with Crippen LogP contribution in [0, 0.1) is 5.92 Å². The average Bonchev–Trinajstić information content (AvgIpc) is 2.97. The van der Waals surface area contributed by atoms with Gasteiger partial charge in [0.05, 0.1) is 11.5 Å². The largest absolute Gasteiger partial charge is 0.493 e. The summed E-state index contributed by atoms with van der Waals surface area (Å²) in [6, 6.07) is 20.1. The first-order valence-electron chi connectivity index (χ1n) is 13.8. The maximum absolute atomic E-state index is 13.4. The molecular formula is C31H34ClNO6S. The SMILES string of the molecule is O=C(O)[C@H]1C[C@H](Oc2ccc(-c3ccc(Cl)cc3)cc2)CCN1S(=O)(=O)c1ccc(OCC2CCCCC2)cc1. The predicted molar refractivity (Wildman–Crippen MR) is 154 cm³/mol. The van der Waals surface area contributed by atoms with E-state index in [1.54, 1.807) is 12.1 Å². The van der Waals surface area contributed by atoms with Gasteiger partial charge in [0.1, 0.15) is 23.6 Å². The number of aliphatic carboxylic acids is 1. The quantitative estimate of drug-likeness (QED) is 0.303. The molecule has 1 saturated carbocycles. The second-order valence-electron chi connectivity index (χ2n) is 10.6. The van der Waals surface area contributed by atoms with Crippen molar-refractivity contribution in [2.75, 3.05) is 13.2 Å². The van der Waals surface area contributed by atoms with E-state index in [9.17, 15) is 18.3 Å². The Morgan fingerprint density at radius 3 is 2.08 bits per heavy atom. The van der Waals surface area contributed by atoms with Gasteiger partial charge >= 0.3 is 5.97 Å². The molecule has 1 saturated heterocycles. The van der Waals surface area contributed by atoms with Gasteiger partial charge in [0.2, 0.25) is 10.0 Å². The van der Waals surface area contributed by atoms with Crippen LogP contribution in [-0.2, 0) is 14.8 Å². The summed E-state index contributed by atoms with van der Waals surface area (Å²) in [5, 5.41) is 10.6. The molecule has 1 heterocycles. The van der Waals surface area contributed by atoms with Gasteiger partial charge in [0.15, 0.2) is 0 Å². The lowest BCUT2D eigenvalue weighted by molar-refractivity contribution is -0.143. The van der Waals surface area contributed by atoms with Crippen molar-refractivity contribution >= 4 is 27.6 Å². The van der Waals surface area contributed by atoms with Gasteiger partial charge in [-0.25, -0.2) is 8.42 Å². The Labute approximate surface area is 240 Å². The third-order valence-electron chi connectivity index (χ3n) is 7.77. The summed E-state index contributed by atoms with van der Waals surface area (Å²) in [6.07, 6.45) is 6.07. The highest BCUT2D eigenvalue weighted by atomic mass is 35.5. The number of carboxylic acids is 1. The van der Waals surface area contributed by atoms with E-state index >= 15 is 0 Å². The lowest BCUT2D eigenvalue weighted by Crippen LogP contribution is -2.52. The molecule has 0 amide bonds. The van der Waals surface area contributed by atoms with Gasteiger partial charge in [-0.3, -0.25) is 4.79 Å². The molecule has 1 aliphatic carbocycles. The van der Waals surface area contributed by atoms with Gasteiger partial charge in [-0.15, -0.1) is 0 Å². The number of ether oxygens (including phenoxy) is 2. The minimum absolute atomic E-state index is 0.0484. The van der Waals surface area contributed by atoms with Crippen molar-refractivity contribution in [2.45, 2.75) is 62.0 Å². The smallest absolute Gasteiger partial charge is 0.322 e. The van der Waals surface area contributed by atoms with Crippen LogP contribution >= 0.6 is 11.6 Å². The molecule has 2 fully saturated rings. The van der Waals surface area contributed by atoms with Crippen molar-refractivity contribution in [2.24, 2.45) is 5.92 Å². The summed E-state index contributed by atoms with van der Waals surface area (Å²) in [5.74, 6) is 0.571. The van der Waals surface area contributed by atoms with E-state index in [1.807, 2.05) is 48.5 Å². The van der Waals surface area contributed by atoms with Gasteiger partial charge in [0.25, 0.3) is 0 Å². The molecule has 212 valence electrons. The fraction of sp³-hybridized carbons (Fsp3) is 0.387. The number of piperidine rings is 1. The monoisotopic (exact) mass is 583 g/mol. The summed E-state index contributed by atoms with van der Waals surface area (Å²) < 4.78 is 40.0. The van der Waals surface area contributed by atoms with E-state index in [1.165, 1.54) is 31.4 Å². The molecule has 1 aliphatic heterocycles. The minimum Gasteiger partial charge on any atom is -0.493 e. The predicted octanol–water partition coefficient (Wildman–Crippen LogP) is 6.65. The lowest BCUT2D eigenvalue weighted by atomic mass is 9.90. The lowest BCUT2D eigenvalue weighted by Gasteiger charge is -2.36. The van der Waals surface area contributed by atoms with Gasteiger partial charge < -0.3 is 14.6 Å². The molecule has 1 N–H and O–H groups in total. The molecule has 40 heavy (non-hydrogen) atoms. The van der Waals surface area contributed by atoms with Crippen LogP contribution < -0.4 is 9.47 Å². The Hall–Kier alpha value is -3.07. The highest BCUT2D eigenvalue weighted by molar-refractivity contribution is 7.89. The van der Waals surface area contributed by atoms with Crippen LogP contribution in [0.3, 0.4) is 0 Å². The number of rotatable bonds is 9. The van der Waals surface area contributed by atoms with E-state index in [0.717, 1.165) is 28.3 Å². The molecule has 2 atom stereocenters. The fourth-order valence-corrected chi connectivity index (χ4v) is 7.24. The van der Waals surface area contributed by atoms with Crippen molar-refractivity contribution in [1.82, 2.24) is 4.31 Å². The Bertz CT molecular complexity index is 1390. The maximum atomic E-state index is 13.4. The highest BCUT2D eigenvalue weighted by Gasteiger charge is 2.41. The van der Waals surface area contributed by atoms with Crippen molar-refractivity contribution in [3.63, 3.8) is 0 Å². The molecule has 0 bridgehead atoms. The minimum atomic E-state index is -4.01. The van der Waals surface area contributed by atoms with Crippen LogP contribution in [0.5, 0.6) is 11.5 Å². The first-order chi connectivity index (χ1) is 19.3. The molecule has 0 aromatic heterocycles.